The highest BCUT2D eigenvalue weighted by atomic mass is 16.4. The van der Waals surface area contributed by atoms with E-state index >= 15 is 0 Å². The molecule has 0 aromatic heterocycles. The van der Waals surface area contributed by atoms with Crippen LogP contribution in [-0.2, 0) is 4.79 Å². The van der Waals surface area contributed by atoms with Crippen molar-refractivity contribution in [2.75, 3.05) is 0 Å². The summed E-state index contributed by atoms with van der Waals surface area (Å²) in [6, 6.07) is 0. The molecule has 0 amide bonds. The van der Waals surface area contributed by atoms with Crippen molar-refractivity contribution in [1.82, 2.24) is 0 Å². The van der Waals surface area contributed by atoms with Crippen molar-refractivity contribution >= 4 is 5.97 Å². The number of carboxylic acids is 1. The maximum Gasteiger partial charge on any atom is 0.303 e. The third kappa shape index (κ3) is 33.5. The number of hydrogen-bond acceptors (Lipinski definition) is 1. The molecule has 0 rings (SSSR count). The van der Waals surface area contributed by atoms with Crippen molar-refractivity contribution in [3.8, 4) is 0 Å². The van der Waals surface area contributed by atoms with Gasteiger partial charge in [0.25, 0.3) is 0 Å². The molecule has 0 fully saturated rings. The third-order valence-electron chi connectivity index (χ3n) is 5.20. The molecule has 0 unspecified atom stereocenters. The van der Waals surface area contributed by atoms with E-state index in [4.69, 9.17) is 5.11 Å². The van der Waals surface area contributed by atoms with Crippen LogP contribution in [-0.4, -0.2) is 11.1 Å². The Hall–Kier alpha value is -0.530. The highest BCUT2D eigenvalue weighted by Gasteiger charge is 1.96. The van der Waals surface area contributed by atoms with Gasteiger partial charge in [-0.1, -0.05) is 143 Å². The first-order valence-corrected chi connectivity index (χ1v) is 12.4. The fraction of sp³-hybridized carbons (Fsp3) is 0.960. The van der Waals surface area contributed by atoms with E-state index in [1.807, 2.05) is 0 Å². The third-order valence-corrected chi connectivity index (χ3v) is 5.20. The predicted octanol–water partition coefficient (Wildman–Crippen LogP) is 9.31. The van der Waals surface area contributed by atoms with Crippen LogP contribution in [0, 0.1) is 0 Å². The van der Waals surface area contributed by atoms with E-state index in [9.17, 15) is 4.79 Å². The predicted molar refractivity (Wildman–Crippen MR) is 122 cm³/mol. The SMILES string of the molecule is CCCCCCCCCCCC(=O)O.CCCCCCCCCCCCC. The smallest absolute Gasteiger partial charge is 0.303 e. The molecule has 164 valence electrons. The van der Waals surface area contributed by atoms with Crippen LogP contribution in [0.4, 0.5) is 0 Å². The first-order chi connectivity index (χ1) is 13.2. The molecular formula is C25H52O2. The zero-order valence-corrected chi connectivity index (χ0v) is 19.2. The highest BCUT2D eigenvalue weighted by Crippen LogP contribution is 2.11. The number of carboxylic acid groups (broad SMARTS) is 1. The van der Waals surface area contributed by atoms with Crippen LogP contribution >= 0.6 is 0 Å². The zero-order valence-electron chi connectivity index (χ0n) is 19.2. The number of hydrogen-bond donors (Lipinski definition) is 1. The Balaban J connectivity index is 0. The van der Waals surface area contributed by atoms with Crippen LogP contribution in [0.1, 0.15) is 156 Å². The average Bonchev–Trinajstić information content (AvgIpc) is 2.66. The number of aliphatic carboxylic acids is 1. The summed E-state index contributed by atoms with van der Waals surface area (Å²) in [5, 5.41) is 8.41. The summed E-state index contributed by atoms with van der Waals surface area (Å²) in [5.74, 6) is -0.659. The number of unbranched alkanes of at least 4 members (excludes halogenated alkanes) is 18. The maximum absolute atomic E-state index is 10.2. The van der Waals surface area contributed by atoms with Crippen LogP contribution in [0.25, 0.3) is 0 Å². The molecular weight excluding hydrogens is 332 g/mol. The maximum atomic E-state index is 10.2. The molecule has 0 spiro atoms. The summed E-state index contributed by atoms with van der Waals surface area (Å²) < 4.78 is 0. The lowest BCUT2D eigenvalue weighted by Gasteiger charge is -2.00. The Bertz CT molecular complexity index is 253. The first-order valence-electron chi connectivity index (χ1n) is 12.4. The van der Waals surface area contributed by atoms with Crippen LogP contribution in [0.5, 0.6) is 0 Å². The lowest BCUT2D eigenvalue weighted by Crippen LogP contribution is -1.93. The molecule has 0 atom stereocenters. The van der Waals surface area contributed by atoms with Gasteiger partial charge in [0.2, 0.25) is 0 Å². The molecule has 0 aliphatic heterocycles. The van der Waals surface area contributed by atoms with Gasteiger partial charge < -0.3 is 5.11 Å². The molecule has 27 heavy (non-hydrogen) atoms. The van der Waals surface area contributed by atoms with Crippen molar-refractivity contribution in [1.29, 1.82) is 0 Å². The fourth-order valence-electron chi connectivity index (χ4n) is 3.32. The molecule has 2 nitrogen and oxygen atoms in total. The molecule has 0 aliphatic carbocycles. The van der Waals surface area contributed by atoms with Gasteiger partial charge in [-0.2, -0.15) is 0 Å². The summed E-state index contributed by atoms with van der Waals surface area (Å²) in [6.07, 6.45) is 27.4. The van der Waals surface area contributed by atoms with Gasteiger partial charge in [0, 0.05) is 6.42 Å². The molecule has 0 radical (unpaired) electrons. The van der Waals surface area contributed by atoms with Crippen molar-refractivity contribution in [3.05, 3.63) is 0 Å². The monoisotopic (exact) mass is 384 g/mol. The van der Waals surface area contributed by atoms with Crippen LogP contribution < -0.4 is 0 Å². The zero-order chi connectivity index (χ0) is 20.4. The molecule has 2 heteroatoms. The minimum atomic E-state index is -0.659. The second kappa shape index (κ2) is 27.7. The van der Waals surface area contributed by atoms with Gasteiger partial charge in [0.05, 0.1) is 0 Å². The van der Waals surface area contributed by atoms with E-state index in [2.05, 4.69) is 20.8 Å². The van der Waals surface area contributed by atoms with Crippen molar-refractivity contribution in [2.45, 2.75) is 156 Å². The summed E-state index contributed by atoms with van der Waals surface area (Å²) in [4.78, 5) is 10.2. The van der Waals surface area contributed by atoms with Crippen LogP contribution in [0.2, 0.25) is 0 Å². The lowest BCUT2D eigenvalue weighted by atomic mass is 10.1. The Morgan fingerprint density at radius 3 is 0.889 bits per heavy atom. The molecule has 0 aromatic carbocycles. The minimum Gasteiger partial charge on any atom is -0.481 e. The summed E-state index contributed by atoms with van der Waals surface area (Å²) >= 11 is 0. The highest BCUT2D eigenvalue weighted by molar-refractivity contribution is 5.66. The lowest BCUT2D eigenvalue weighted by molar-refractivity contribution is -0.137. The van der Waals surface area contributed by atoms with Crippen LogP contribution in [0.15, 0.2) is 0 Å². The molecule has 0 aromatic rings. The quantitative estimate of drug-likeness (QED) is 0.212. The second-order valence-electron chi connectivity index (χ2n) is 8.15. The fourth-order valence-corrected chi connectivity index (χ4v) is 3.32. The van der Waals surface area contributed by atoms with E-state index in [0.29, 0.717) is 6.42 Å². The summed E-state index contributed by atoms with van der Waals surface area (Å²) in [5.41, 5.74) is 0. The number of rotatable bonds is 20. The summed E-state index contributed by atoms with van der Waals surface area (Å²) in [6.45, 7) is 6.79. The van der Waals surface area contributed by atoms with Gasteiger partial charge >= 0.3 is 5.97 Å². The molecule has 0 bridgehead atoms. The first kappa shape index (κ1) is 28.7. The molecule has 0 aliphatic rings. The molecule has 0 saturated carbocycles. The van der Waals surface area contributed by atoms with Crippen molar-refractivity contribution in [3.63, 3.8) is 0 Å². The van der Waals surface area contributed by atoms with E-state index in [1.54, 1.807) is 0 Å². The van der Waals surface area contributed by atoms with Crippen molar-refractivity contribution in [2.24, 2.45) is 0 Å². The minimum absolute atomic E-state index is 0.343. The van der Waals surface area contributed by atoms with E-state index in [1.165, 1.54) is 116 Å². The second-order valence-corrected chi connectivity index (χ2v) is 8.15. The van der Waals surface area contributed by atoms with Gasteiger partial charge in [0.1, 0.15) is 0 Å². The van der Waals surface area contributed by atoms with Gasteiger partial charge in [-0.3, -0.25) is 4.79 Å². The normalized spacial score (nSPS) is 10.5. The Morgan fingerprint density at radius 1 is 0.444 bits per heavy atom. The van der Waals surface area contributed by atoms with Gasteiger partial charge in [0.15, 0.2) is 0 Å². The van der Waals surface area contributed by atoms with Gasteiger partial charge in [-0.15, -0.1) is 0 Å². The average molecular weight is 385 g/mol. The van der Waals surface area contributed by atoms with Gasteiger partial charge in [-0.25, -0.2) is 0 Å². The Morgan fingerprint density at radius 2 is 0.667 bits per heavy atom. The Kier molecular flexibility index (Phi) is 29.4. The summed E-state index contributed by atoms with van der Waals surface area (Å²) in [7, 11) is 0. The molecule has 1 N–H and O–H groups in total. The standard InChI is InChI=1S/C13H28.C12H24O2/c1-3-5-7-9-11-13-12-10-8-6-4-2;1-2-3-4-5-6-7-8-9-10-11-12(13)14/h3-13H2,1-2H3;2-11H2,1H3,(H,13,14). The molecule has 0 heterocycles. The molecule has 0 saturated heterocycles. The van der Waals surface area contributed by atoms with Crippen LogP contribution in [0.3, 0.4) is 0 Å². The van der Waals surface area contributed by atoms with E-state index in [0.717, 1.165) is 12.8 Å². The Labute approximate surface area is 171 Å². The van der Waals surface area contributed by atoms with Gasteiger partial charge in [-0.05, 0) is 6.42 Å². The van der Waals surface area contributed by atoms with E-state index in [-0.39, 0.29) is 0 Å². The number of carbonyl (C=O) groups is 1. The topological polar surface area (TPSA) is 37.3 Å². The van der Waals surface area contributed by atoms with Crippen molar-refractivity contribution < 1.29 is 9.90 Å². The largest absolute Gasteiger partial charge is 0.481 e. The van der Waals surface area contributed by atoms with E-state index < -0.39 is 5.97 Å².